The van der Waals surface area contributed by atoms with Crippen LogP contribution in [0.4, 0.5) is 9.80 Å². The van der Waals surface area contributed by atoms with E-state index in [-0.39, 0.29) is 12.5 Å². The molecule has 0 aromatic carbocycles. The Morgan fingerprint density at radius 3 is 2.95 bits per heavy atom. The summed E-state index contributed by atoms with van der Waals surface area (Å²) in [6.07, 6.45) is 2.38. The highest BCUT2D eigenvalue weighted by molar-refractivity contribution is 7.14. The summed E-state index contributed by atoms with van der Waals surface area (Å²) in [5.41, 5.74) is 9.57. The molecule has 8 nitrogen and oxygen atoms in total. The van der Waals surface area contributed by atoms with Gasteiger partial charge in [-0.2, -0.15) is 5.53 Å². The van der Waals surface area contributed by atoms with Crippen LogP contribution in [0.15, 0.2) is 17.3 Å². The number of thiophene rings is 1. The zero-order chi connectivity index (χ0) is 15.1. The monoisotopic (exact) mass is 298 g/mol. The van der Waals surface area contributed by atoms with Crippen LogP contribution in [0.2, 0.25) is 0 Å². The number of hydrogen-bond donors (Lipinski definition) is 5. The minimum absolute atomic E-state index is 0.142. The average Bonchev–Trinajstić information content (AvgIpc) is 2.76. The number of nitrogens with zero attached hydrogens (tertiary/aromatic N) is 1. The number of nitrogens with two attached hydrogens (primary N) is 2. The number of hydrazine groups is 2. The first-order valence-corrected chi connectivity index (χ1v) is 6.54. The molecular formula is C11H18N6O2S. The van der Waals surface area contributed by atoms with E-state index in [1.165, 1.54) is 24.5 Å². The SMILES string of the molecule is Cc1csc(NC(=O)N(C)NN)c1COC(N)=CC=N. The molecule has 0 aliphatic rings. The molecule has 1 heterocycles. The molecule has 20 heavy (non-hydrogen) atoms. The molecule has 0 unspecified atom stereocenters. The Morgan fingerprint density at radius 2 is 2.35 bits per heavy atom. The fraction of sp³-hybridized carbons (Fsp3) is 0.273. The van der Waals surface area contributed by atoms with Crippen LogP contribution in [-0.4, -0.2) is 24.3 Å². The average molecular weight is 298 g/mol. The number of allylic oxidation sites excluding steroid dienone is 1. The molecule has 0 radical (unpaired) electrons. The maximum Gasteiger partial charge on any atom is 0.337 e. The van der Waals surface area contributed by atoms with Gasteiger partial charge >= 0.3 is 6.03 Å². The summed E-state index contributed by atoms with van der Waals surface area (Å²) in [6, 6.07) is -0.390. The van der Waals surface area contributed by atoms with Crippen molar-refractivity contribution >= 4 is 28.6 Å². The Kier molecular flexibility index (Phi) is 5.97. The van der Waals surface area contributed by atoms with Gasteiger partial charge in [-0.1, -0.05) is 0 Å². The minimum atomic E-state index is -0.390. The molecule has 0 bridgehead atoms. The summed E-state index contributed by atoms with van der Waals surface area (Å²) >= 11 is 1.39. The third kappa shape index (κ3) is 4.23. The molecule has 2 amide bonds. The van der Waals surface area contributed by atoms with Crippen LogP contribution < -0.4 is 22.4 Å². The van der Waals surface area contributed by atoms with Gasteiger partial charge in [-0.15, -0.1) is 11.3 Å². The van der Waals surface area contributed by atoms with Crippen molar-refractivity contribution in [1.29, 1.82) is 5.41 Å². The number of hydrogen-bond acceptors (Lipinski definition) is 7. The largest absolute Gasteiger partial charge is 0.474 e. The number of carbonyl (C=O) groups excluding carboxylic acids is 1. The first kappa shape index (κ1) is 16.0. The van der Waals surface area contributed by atoms with Crippen LogP contribution in [0.3, 0.4) is 0 Å². The van der Waals surface area contributed by atoms with Crippen LogP contribution in [0.1, 0.15) is 11.1 Å². The predicted octanol–water partition coefficient (Wildman–Crippen LogP) is 0.865. The Bertz CT molecular complexity index is 513. The molecule has 0 saturated heterocycles. The van der Waals surface area contributed by atoms with Gasteiger partial charge in [0.1, 0.15) is 11.6 Å². The van der Waals surface area contributed by atoms with Gasteiger partial charge in [0.25, 0.3) is 0 Å². The first-order valence-electron chi connectivity index (χ1n) is 5.66. The number of rotatable bonds is 6. The van der Waals surface area contributed by atoms with Gasteiger partial charge in [0.2, 0.25) is 0 Å². The smallest absolute Gasteiger partial charge is 0.337 e. The number of ether oxygens (including phenoxy) is 1. The lowest BCUT2D eigenvalue weighted by atomic mass is 10.2. The van der Waals surface area contributed by atoms with E-state index in [9.17, 15) is 4.79 Å². The third-order valence-electron chi connectivity index (χ3n) is 2.45. The highest BCUT2D eigenvalue weighted by atomic mass is 32.1. The third-order valence-corrected chi connectivity index (χ3v) is 3.51. The maximum absolute atomic E-state index is 11.7. The van der Waals surface area contributed by atoms with Crippen molar-refractivity contribution < 1.29 is 9.53 Å². The molecule has 1 rings (SSSR count). The lowest BCUT2D eigenvalue weighted by Gasteiger charge is -2.16. The van der Waals surface area contributed by atoms with Crippen molar-refractivity contribution in [2.24, 2.45) is 11.6 Å². The molecule has 1 aromatic heterocycles. The van der Waals surface area contributed by atoms with Crippen molar-refractivity contribution in [3.8, 4) is 0 Å². The molecule has 0 spiro atoms. The predicted molar refractivity (Wildman–Crippen MR) is 79.0 cm³/mol. The van der Waals surface area contributed by atoms with E-state index in [0.29, 0.717) is 5.00 Å². The van der Waals surface area contributed by atoms with Crippen LogP contribution in [-0.2, 0) is 11.3 Å². The van der Waals surface area contributed by atoms with Crippen LogP contribution in [0.5, 0.6) is 0 Å². The van der Waals surface area contributed by atoms with Crippen molar-refractivity contribution in [2.75, 3.05) is 12.4 Å². The van der Waals surface area contributed by atoms with E-state index in [1.54, 1.807) is 0 Å². The zero-order valence-corrected chi connectivity index (χ0v) is 12.1. The second kappa shape index (κ2) is 7.48. The normalized spacial score (nSPS) is 11.1. The first-order chi connectivity index (χ1) is 9.49. The molecule has 0 saturated carbocycles. The second-order valence-corrected chi connectivity index (χ2v) is 4.75. The molecule has 7 N–H and O–H groups in total. The topological polar surface area (TPSA) is 129 Å². The van der Waals surface area contributed by atoms with Gasteiger partial charge in [0, 0.05) is 24.9 Å². The Labute approximate surface area is 120 Å². The maximum atomic E-state index is 11.7. The molecule has 110 valence electrons. The lowest BCUT2D eigenvalue weighted by Crippen LogP contribution is -2.46. The lowest BCUT2D eigenvalue weighted by molar-refractivity contribution is 0.196. The summed E-state index contributed by atoms with van der Waals surface area (Å²) in [6.45, 7) is 2.12. The van der Waals surface area contributed by atoms with E-state index >= 15 is 0 Å². The molecule has 0 aliphatic heterocycles. The summed E-state index contributed by atoms with van der Waals surface area (Å²) in [4.78, 5) is 11.7. The Hall–Kier alpha value is -2.10. The highest BCUT2D eigenvalue weighted by Gasteiger charge is 2.14. The van der Waals surface area contributed by atoms with Gasteiger partial charge in [-0.05, 0) is 17.9 Å². The van der Waals surface area contributed by atoms with Crippen molar-refractivity contribution in [2.45, 2.75) is 13.5 Å². The minimum Gasteiger partial charge on any atom is -0.474 e. The van der Waals surface area contributed by atoms with E-state index in [0.717, 1.165) is 22.4 Å². The summed E-state index contributed by atoms with van der Waals surface area (Å²) in [5.74, 6) is 5.29. The van der Waals surface area contributed by atoms with E-state index in [4.69, 9.17) is 21.7 Å². The number of carbonyl (C=O) groups is 1. The number of anilines is 1. The van der Waals surface area contributed by atoms with Gasteiger partial charge in [-0.25, -0.2) is 9.80 Å². The van der Waals surface area contributed by atoms with Gasteiger partial charge in [-0.3, -0.25) is 11.2 Å². The quantitative estimate of drug-likeness (QED) is 0.230. The standard InChI is InChI=1S/C11H18N6O2S/c1-7-6-20-10(15-11(18)17(2)16-14)8(7)5-19-9(13)3-4-12/h3-4,6,12,16H,5,13-14H2,1-2H3,(H,15,18). The van der Waals surface area contributed by atoms with E-state index in [2.05, 4.69) is 10.9 Å². The molecule has 0 aliphatic carbocycles. The van der Waals surface area contributed by atoms with Gasteiger partial charge in [0.15, 0.2) is 5.88 Å². The van der Waals surface area contributed by atoms with Gasteiger partial charge in [0.05, 0.1) is 0 Å². The fourth-order valence-electron chi connectivity index (χ4n) is 1.28. The summed E-state index contributed by atoms with van der Waals surface area (Å²) in [5, 5.41) is 13.3. The van der Waals surface area contributed by atoms with Crippen LogP contribution >= 0.6 is 11.3 Å². The number of urea groups is 1. The zero-order valence-electron chi connectivity index (χ0n) is 11.3. The van der Waals surface area contributed by atoms with Crippen LogP contribution in [0, 0.1) is 12.3 Å². The number of aryl methyl sites for hydroxylation is 1. The molecule has 1 aromatic rings. The van der Waals surface area contributed by atoms with Crippen LogP contribution in [0.25, 0.3) is 0 Å². The van der Waals surface area contributed by atoms with Gasteiger partial charge < -0.3 is 15.9 Å². The molecular weight excluding hydrogens is 280 g/mol. The van der Waals surface area contributed by atoms with Crippen molar-refractivity contribution in [3.05, 3.63) is 28.5 Å². The van der Waals surface area contributed by atoms with E-state index < -0.39 is 6.03 Å². The number of nitrogens with one attached hydrogen (secondary N) is 3. The van der Waals surface area contributed by atoms with E-state index in [1.807, 2.05) is 12.3 Å². The molecule has 9 heteroatoms. The van der Waals surface area contributed by atoms with Crippen molar-refractivity contribution in [3.63, 3.8) is 0 Å². The Balaban J connectivity index is 2.77. The summed E-state index contributed by atoms with van der Waals surface area (Å²) < 4.78 is 5.31. The molecule has 0 fully saturated rings. The fourth-order valence-corrected chi connectivity index (χ4v) is 2.22. The second-order valence-electron chi connectivity index (χ2n) is 3.87. The molecule has 0 atom stereocenters. The number of amides is 2. The Morgan fingerprint density at radius 1 is 1.65 bits per heavy atom. The summed E-state index contributed by atoms with van der Waals surface area (Å²) in [7, 11) is 1.50. The van der Waals surface area contributed by atoms with Crippen molar-refractivity contribution in [1.82, 2.24) is 10.5 Å². The highest BCUT2D eigenvalue weighted by Crippen LogP contribution is 2.28.